The first-order valence-corrected chi connectivity index (χ1v) is 6.14. The molecule has 0 aromatic heterocycles. The van der Waals surface area contributed by atoms with E-state index in [9.17, 15) is 0 Å². The highest BCUT2D eigenvalue weighted by molar-refractivity contribution is 14.1. The fraction of sp³-hybridized carbons (Fsp3) is 1.00. The molecule has 0 aromatic rings. The van der Waals surface area contributed by atoms with Crippen molar-refractivity contribution >= 4 is 35.3 Å². The third kappa shape index (κ3) is 3.86. The molecule has 0 unspecified atom stereocenters. The molecule has 0 saturated heterocycles. The van der Waals surface area contributed by atoms with Crippen molar-refractivity contribution in [1.29, 1.82) is 0 Å². The summed E-state index contributed by atoms with van der Waals surface area (Å²) in [5, 5.41) is 0. The fourth-order valence-corrected chi connectivity index (χ4v) is 4.04. The van der Waals surface area contributed by atoms with Gasteiger partial charge in [-0.2, -0.15) is 0 Å². The molecule has 1 saturated carbocycles. The Bertz CT molecular complexity index is 185. The van der Waals surface area contributed by atoms with E-state index in [1.807, 2.05) is 0 Å². The summed E-state index contributed by atoms with van der Waals surface area (Å²) in [5.41, 5.74) is 1.29. The van der Waals surface area contributed by atoms with Crippen molar-refractivity contribution < 1.29 is 0 Å². The molecule has 0 heterocycles. The third-order valence-corrected chi connectivity index (χ3v) is 4.22. The van der Waals surface area contributed by atoms with Crippen molar-refractivity contribution in [2.75, 3.05) is 0 Å². The summed E-state index contributed by atoms with van der Waals surface area (Å²) in [4.78, 5) is 0. The first-order valence-electron chi connectivity index (χ1n) is 5.06. The second-order valence-corrected chi connectivity index (χ2v) is 7.05. The van der Waals surface area contributed by atoms with E-state index < -0.39 is 0 Å². The van der Waals surface area contributed by atoms with Crippen LogP contribution in [-0.2, 0) is 0 Å². The second-order valence-electron chi connectivity index (χ2n) is 6.51. The van der Waals surface area contributed by atoms with Crippen molar-refractivity contribution in [2.45, 2.75) is 59.4 Å². The summed E-state index contributed by atoms with van der Waals surface area (Å²) in [5.74, 6) is 0. The molecule has 0 radical (unpaired) electrons. The van der Waals surface area contributed by atoms with E-state index in [1.165, 1.54) is 19.3 Å². The standard InChI is InChI=1S/C11H22IN.ClH/c1-9(2)6-10(3,4)8-11(5,7-9)13-12;/h13H,6-8H2,1-5H3;1H. The normalized spacial score (nSPS) is 27.9. The Labute approximate surface area is 109 Å². The number of rotatable bonds is 1. The van der Waals surface area contributed by atoms with Gasteiger partial charge < -0.3 is 0 Å². The maximum absolute atomic E-state index is 3.46. The zero-order valence-corrected chi connectivity index (χ0v) is 12.9. The van der Waals surface area contributed by atoms with E-state index in [-0.39, 0.29) is 12.4 Å². The lowest BCUT2D eigenvalue weighted by molar-refractivity contribution is 0.0529. The molecule has 0 aliphatic heterocycles. The van der Waals surface area contributed by atoms with Gasteiger partial charge in [0.05, 0.1) is 0 Å². The van der Waals surface area contributed by atoms with Gasteiger partial charge in [-0.15, -0.1) is 12.4 Å². The minimum atomic E-state index is 0. The Balaban J connectivity index is 0.00000169. The zero-order valence-electron chi connectivity index (χ0n) is 9.91. The van der Waals surface area contributed by atoms with E-state index in [2.05, 4.69) is 61.0 Å². The topological polar surface area (TPSA) is 12.0 Å². The number of hydrogen-bond donors (Lipinski definition) is 1. The fourth-order valence-electron chi connectivity index (χ4n) is 3.66. The average Bonchev–Trinajstić information content (AvgIpc) is 1.79. The minimum Gasteiger partial charge on any atom is -0.255 e. The van der Waals surface area contributed by atoms with E-state index >= 15 is 0 Å². The van der Waals surface area contributed by atoms with Crippen LogP contribution in [0.4, 0.5) is 0 Å². The first kappa shape index (κ1) is 15.0. The van der Waals surface area contributed by atoms with Crippen LogP contribution in [0.2, 0.25) is 0 Å². The van der Waals surface area contributed by atoms with Crippen LogP contribution in [0.3, 0.4) is 0 Å². The van der Waals surface area contributed by atoms with Gasteiger partial charge in [0.1, 0.15) is 0 Å². The Morgan fingerprint density at radius 1 is 0.857 bits per heavy atom. The molecule has 14 heavy (non-hydrogen) atoms. The van der Waals surface area contributed by atoms with E-state index in [1.54, 1.807) is 0 Å². The molecule has 1 fully saturated rings. The van der Waals surface area contributed by atoms with Crippen molar-refractivity contribution in [2.24, 2.45) is 10.8 Å². The van der Waals surface area contributed by atoms with Gasteiger partial charge in [0, 0.05) is 28.4 Å². The molecule has 0 amide bonds. The van der Waals surface area contributed by atoms with E-state index in [0.29, 0.717) is 16.4 Å². The smallest absolute Gasteiger partial charge is 0.0256 e. The molecule has 0 aromatic carbocycles. The van der Waals surface area contributed by atoms with Gasteiger partial charge in [0.25, 0.3) is 0 Å². The average molecular weight is 332 g/mol. The summed E-state index contributed by atoms with van der Waals surface area (Å²) in [7, 11) is 0. The molecule has 1 rings (SSSR count). The molecule has 1 aliphatic rings. The molecule has 0 spiro atoms. The molecule has 3 heteroatoms. The summed E-state index contributed by atoms with van der Waals surface area (Å²) in [6.45, 7) is 11.9. The summed E-state index contributed by atoms with van der Waals surface area (Å²) in [6.07, 6.45) is 3.91. The highest BCUT2D eigenvalue weighted by atomic mass is 127. The maximum Gasteiger partial charge on any atom is 0.0256 e. The molecule has 86 valence electrons. The maximum atomic E-state index is 3.46. The largest absolute Gasteiger partial charge is 0.255 e. The monoisotopic (exact) mass is 331 g/mol. The van der Waals surface area contributed by atoms with E-state index in [0.717, 1.165) is 0 Å². The Hall–Kier alpha value is 0.980. The third-order valence-electron chi connectivity index (χ3n) is 2.92. The van der Waals surface area contributed by atoms with Crippen molar-refractivity contribution in [3.05, 3.63) is 0 Å². The molecular formula is C11H23ClIN. The summed E-state index contributed by atoms with van der Waals surface area (Å²) < 4.78 is 3.46. The van der Waals surface area contributed by atoms with Crippen LogP contribution in [0.5, 0.6) is 0 Å². The molecule has 0 atom stereocenters. The summed E-state index contributed by atoms with van der Waals surface area (Å²) >= 11 is 2.31. The molecular weight excluding hydrogens is 308 g/mol. The van der Waals surface area contributed by atoms with Gasteiger partial charge >= 0.3 is 0 Å². The van der Waals surface area contributed by atoms with Crippen LogP contribution in [0, 0.1) is 10.8 Å². The summed E-state index contributed by atoms with van der Waals surface area (Å²) in [6, 6.07) is 0. The second kappa shape index (κ2) is 4.46. The molecule has 1 N–H and O–H groups in total. The van der Waals surface area contributed by atoms with Gasteiger partial charge in [-0.05, 0) is 37.0 Å². The van der Waals surface area contributed by atoms with Crippen LogP contribution < -0.4 is 3.53 Å². The van der Waals surface area contributed by atoms with Gasteiger partial charge in [-0.1, -0.05) is 27.7 Å². The lowest BCUT2D eigenvalue weighted by Gasteiger charge is -2.50. The SMILES string of the molecule is CC1(C)CC(C)(C)CC(C)(NI)C1.Cl. The van der Waals surface area contributed by atoms with Gasteiger partial charge in [-0.25, -0.2) is 0 Å². The minimum absolute atomic E-state index is 0. The van der Waals surface area contributed by atoms with Crippen LogP contribution in [0.15, 0.2) is 0 Å². The number of hydrogen-bond acceptors (Lipinski definition) is 1. The quantitative estimate of drug-likeness (QED) is 0.556. The molecule has 1 aliphatic carbocycles. The highest BCUT2D eigenvalue weighted by Crippen LogP contribution is 2.50. The predicted molar refractivity (Wildman–Crippen MR) is 74.2 cm³/mol. The first-order chi connectivity index (χ1) is 5.68. The lowest BCUT2D eigenvalue weighted by atomic mass is 9.59. The van der Waals surface area contributed by atoms with Crippen molar-refractivity contribution in [3.8, 4) is 0 Å². The van der Waals surface area contributed by atoms with Gasteiger partial charge in [0.15, 0.2) is 0 Å². The number of halogens is 2. The van der Waals surface area contributed by atoms with E-state index in [4.69, 9.17) is 0 Å². The molecule has 0 bridgehead atoms. The highest BCUT2D eigenvalue weighted by Gasteiger charge is 2.44. The zero-order chi connectivity index (χ0) is 10.3. The predicted octanol–water partition coefficient (Wildman–Crippen LogP) is 4.34. The molecule has 1 nitrogen and oxygen atoms in total. The van der Waals surface area contributed by atoms with Gasteiger partial charge in [0.2, 0.25) is 0 Å². The van der Waals surface area contributed by atoms with Crippen LogP contribution >= 0.6 is 35.3 Å². The Morgan fingerprint density at radius 3 is 1.50 bits per heavy atom. The lowest BCUT2D eigenvalue weighted by Crippen LogP contribution is -2.49. The van der Waals surface area contributed by atoms with Crippen LogP contribution in [-0.4, -0.2) is 5.54 Å². The van der Waals surface area contributed by atoms with Crippen LogP contribution in [0.25, 0.3) is 0 Å². The van der Waals surface area contributed by atoms with Gasteiger partial charge in [-0.3, -0.25) is 3.53 Å². The Morgan fingerprint density at radius 2 is 1.21 bits per heavy atom. The van der Waals surface area contributed by atoms with Crippen LogP contribution in [0.1, 0.15) is 53.9 Å². The van der Waals surface area contributed by atoms with Crippen molar-refractivity contribution in [3.63, 3.8) is 0 Å². The number of nitrogens with one attached hydrogen (secondary N) is 1. The van der Waals surface area contributed by atoms with Crippen molar-refractivity contribution in [1.82, 2.24) is 3.53 Å². The Kier molecular flexibility index (Phi) is 4.77.